The minimum atomic E-state index is -3.37. The Morgan fingerprint density at radius 2 is 1.90 bits per heavy atom. The molecule has 0 aliphatic carbocycles. The Morgan fingerprint density at radius 1 is 1.13 bits per heavy atom. The molecule has 164 valence electrons. The van der Waals surface area contributed by atoms with Crippen molar-refractivity contribution in [3.8, 4) is 0 Å². The zero-order valence-electron chi connectivity index (χ0n) is 17.4. The van der Waals surface area contributed by atoms with Gasteiger partial charge < -0.3 is 10.6 Å². The number of guanidine groups is 1. The van der Waals surface area contributed by atoms with Gasteiger partial charge >= 0.3 is 0 Å². The number of benzene rings is 1. The lowest BCUT2D eigenvalue weighted by molar-refractivity contribution is 0.249. The summed E-state index contributed by atoms with van der Waals surface area (Å²) in [7, 11) is -1.66. The second kappa shape index (κ2) is 11.5. The van der Waals surface area contributed by atoms with E-state index in [0.29, 0.717) is 18.5 Å². The van der Waals surface area contributed by atoms with Crippen LogP contribution in [-0.4, -0.2) is 58.3 Å². The smallest absolute Gasteiger partial charge is 0.213 e. The maximum Gasteiger partial charge on any atom is 0.213 e. The van der Waals surface area contributed by atoms with Gasteiger partial charge in [0.25, 0.3) is 0 Å². The number of hydrogen-bond acceptors (Lipinski definition) is 5. The van der Waals surface area contributed by atoms with Crippen LogP contribution in [0.3, 0.4) is 0 Å². The third-order valence-corrected chi connectivity index (χ3v) is 7.44. The van der Waals surface area contributed by atoms with Crippen molar-refractivity contribution in [2.24, 2.45) is 4.99 Å². The number of aliphatic imine (C=N–C) groups is 1. The van der Waals surface area contributed by atoms with E-state index in [1.165, 1.54) is 17.7 Å². The number of hydrogen-bond donors (Lipinski definition) is 3. The molecule has 2 aromatic rings. The summed E-state index contributed by atoms with van der Waals surface area (Å²) in [5, 5.41) is 8.60. The topological polar surface area (TPSA) is 85.8 Å². The fraction of sp³-hybridized carbons (Fsp3) is 0.476. The molecule has 2 heterocycles. The normalized spacial score (nSPS) is 16.5. The average Bonchev–Trinajstić information content (AvgIpc) is 3.47. The van der Waals surface area contributed by atoms with Crippen molar-refractivity contribution in [1.29, 1.82) is 0 Å². The van der Waals surface area contributed by atoms with Crippen molar-refractivity contribution in [1.82, 2.24) is 20.3 Å². The fourth-order valence-electron chi connectivity index (χ4n) is 3.52. The summed E-state index contributed by atoms with van der Waals surface area (Å²) < 4.78 is 27.1. The van der Waals surface area contributed by atoms with Gasteiger partial charge in [-0.3, -0.25) is 9.89 Å². The van der Waals surface area contributed by atoms with E-state index in [-0.39, 0.29) is 12.3 Å². The number of likely N-dealkylation sites (tertiary alicyclic amines) is 1. The van der Waals surface area contributed by atoms with Crippen LogP contribution in [0.2, 0.25) is 0 Å². The van der Waals surface area contributed by atoms with Gasteiger partial charge in [0.2, 0.25) is 10.0 Å². The Bertz CT molecular complexity index is 879. The molecule has 0 bridgehead atoms. The van der Waals surface area contributed by atoms with Crippen molar-refractivity contribution in [2.75, 3.05) is 39.0 Å². The molecule has 1 aromatic heterocycles. The molecule has 1 atom stereocenters. The van der Waals surface area contributed by atoms with Gasteiger partial charge in [-0.25, -0.2) is 13.1 Å². The zero-order valence-corrected chi connectivity index (χ0v) is 19.0. The predicted molar refractivity (Wildman–Crippen MR) is 124 cm³/mol. The van der Waals surface area contributed by atoms with Gasteiger partial charge in [0.05, 0.1) is 11.8 Å². The Morgan fingerprint density at radius 3 is 2.57 bits per heavy atom. The minimum absolute atomic E-state index is 0.0129. The van der Waals surface area contributed by atoms with Crippen molar-refractivity contribution in [2.45, 2.75) is 25.4 Å². The molecule has 0 saturated carbocycles. The maximum atomic E-state index is 12.3. The van der Waals surface area contributed by atoms with Crippen LogP contribution in [0.25, 0.3) is 0 Å². The molecule has 1 aliphatic heterocycles. The monoisotopic (exact) mass is 449 g/mol. The number of nitrogens with zero attached hydrogens (tertiary/aromatic N) is 2. The van der Waals surface area contributed by atoms with Crippen LogP contribution in [0.15, 0.2) is 52.8 Å². The van der Waals surface area contributed by atoms with Crippen LogP contribution in [0, 0.1) is 0 Å². The molecule has 1 aromatic carbocycles. The van der Waals surface area contributed by atoms with Gasteiger partial charge in [-0.2, -0.15) is 0 Å². The lowest BCUT2D eigenvalue weighted by Gasteiger charge is -2.27. The first-order valence-corrected chi connectivity index (χ1v) is 12.8. The second-order valence-electron chi connectivity index (χ2n) is 7.28. The first-order valence-electron chi connectivity index (χ1n) is 10.3. The highest BCUT2D eigenvalue weighted by Gasteiger charge is 2.24. The standard InChI is InChI=1S/C21H31N5O2S2/c1-22-21(23-11-15-30(27,28)25-16-18-8-3-2-4-9-18)24-17-19(20-10-7-14-29-20)26-12-5-6-13-26/h2-4,7-10,14,19,25H,5-6,11-13,15-17H2,1H3,(H2,22,23,24). The lowest BCUT2D eigenvalue weighted by atomic mass is 10.2. The van der Waals surface area contributed by atoms with Crippen molar-refractivity contribution < 1.29 is 8.42 Å². The van der Waals surface area contributed by atoms with E-state index in [9.17, 15) is 8.42 Å². The molecule has 3 N–H and O–H groups in total. The Balaban J connectivity index is 1.44. The van der Waals surface area contributed by atoms with E-state index in [0.717, 1.165) is 25.2 Å². The number of sulfonamides is 1. The van der Waals surface area contributed by atoms with Crippen LogP contribution in [0.5, 0.6) is 0 Å². The fourth-order valence-corrected chi connectivity index (χ4v) is 5.29. The van der Waals surface area contributed by atoms with Crippen LogP contribution in [0.1, 0.15) is 29.3 Å². The molecule has 30 heavy (non-hydrogen) atoms. The van der Waals surface area contributed by atoms with Crippen molar-refractivity contribution >= 4 is 27.3 Å². The number of rotatable bonds is 10. The summed E-state index contributed by atoms with van der Waals surface area (Å²) >= 11 is 1.77. The summed E-state index contributed by atoms with van der Waals surface area (Å²) in [5.41, 5.74) is 0.938. The van der Waals surface area contributed by atoms with Crippen LogP contribution < -0.4 is 15.4 Å². The molecule has 7 nitrogen and oxygen atoms in total. The van der Waals surface area contributed by atoms with E-state index in [2.05, 4.69) is 42.8 Å². The molecule has 1 unspecified atom stereocenters. The SMILES string of the molecule is CN=C(NCCS(=O)(=O)NCc1ccccc1)NCC(c1cccs1)N1CCCC1. The lowest BCUT2D eigenvalue weighted by Crippen LogP contribution is -2.44. The highest BCUT2D eigenvalue weighted by atomic mass is 32.2. The van der Waals surface area contributed by atoms with Gasteiger partial charge in [0, 0.05) is 31.6 Å². The average molecular weight is 450 g/mol. The maximum absolute atomic E-state index is 12.3. The van der Waals surface area contributed by atoms with Crippen LogP contribution in [0.4, 0.5) is 0 Å². The Labute approximate surface area is 183 Å². The first kappa shape index (κ1) is 22.7. The van der Waals surface area contributed by atoms with E-state index in [1.807, 2.05) is 30.3 Å². The molecule has 1 fully saturated rings. The van der Waals surface area contributed by atoms with Gasteiger partial charge in [0.15, 0.2) is 5.96 Å². The van der Waals surface area contributed by atoms with E-state index in [1.54, 1.807) is 18.4 Å². The summed E-state index contributed by atoms with van der Waals surface area (Å²) in [6.45, 7) is 3.55. The predicted octanol–water partition coefficient (Wildman–Crippen LogP) is 2.17. The Kier molecular flexibility index (Phi) is 8.68. The van der Waals surface area contributed by atoms with Gasteiger partial charge in [0.1, 0.15) is 0 Å². The molecule has 0 spiro atoms. The van der Waals surface area contributed by atoms with Crippen LogP contribution >= 0.6 is 11.3 Å². The van der Waals surface area contributed by atoms with E-state index < -0.39 is 10.0 Å². The zero-order chi connectivity index (χ0) is 21.2. The molecule has 3 rings (SSSR count). The van der Waals surface area contributed by atoms with Gasteiger partial charge in [-0.1, -0.05) is 36.4 Å². The molecule has 1 saturated heterocycles. The molecule has 9 heteroatoms. The van der Waals surface area contributed by atoms with Gasteiger partial charge in [-0.05, 0) is 42.9 Å². The quantitative estimate of drug-likeness (QED) is 0.382. The minimum Gasteiger partial charge on any atom is -0.355 e. The largest absolute Gasteiger partial charge is 0.355 e. The summed E-state index contributed by atoms with van der Waals surface area (Å²) in [6, 6.07) is 14.1. The highest BCUT2D eigenvalue weighted by molar-refractivity contribution is 7.89. The number of thiophene rings is 1. The van der Waals surface area contributed by atoms with E-state index >= 15 is 0 Å². The van der Waals surface area contributed by atoms with Crippen molar-refractivity contribution in [3.05, 3.63) is 58.3 Å². The van der Waals surface area contributed by atoms with Gasteiger partial charge in [-0.15, -0.1) is 11.3 Å². The number of nitrogens with one attached hydrogen (secondary N) is 3. The van der Waals surface area contributed by atoms with Crippen molar-refractivity contribution in [3.63, 3.8) is 0 Å². The highest BCUT2D eigenvalue weighted by Crippen LogP contribution is 2.27. The molecule has 0 radical (unpaired) electrons. The van der Waals surface area contributed by atoms with Crippen LogP contribution in [-0.2, 0) is 16.6 Å². The summed E-state index contributed by atoms with van der Waals surface area (Å²) in [5.74, 6) is 0.607. The third kappa shape index (κ3) is 7.09. The second-order valence-corrected chi connectivity index (χ2v) is 10.2. The third-order valence-electron chi connectivity index (χ3n) is 5.14. The molecular formula is C21H31N5O2S2. The van der Waals surface area contributed by atoms with E-state index in [4.69, 9.17) is 0 Å². The molecular weight excluding hydrogens is 418 g/mol. The molecule has 1 aliphatic rings. The summed E-state index contributed by atoms with van der Waals surface area (Å²) in [6.07, 6.45) is 2.48. The summed E-state index contributed by atoms with van der Waals surface area (Å²) in [4.78, 5) is 8.09. The molecule has 0 amide bonds. The first-order chi connectivity index (χ1) is 14.6. The Hall–Kier alpha value is -1.94.